The highest BCUT2D eigenvalue weighted by molar-refractivity contribution is 5.73. The van der Waals surface area contributed by atoms with Gasteiger partial charge in [-0.15, -0.1) is 5.10 Å². The molecule has 0 fully saturated rings. The third-order valence-corrected chi connectivity index (χ3v) is 2.83. The Morgan fingerprint density at radius 1 is 1.00 bits per heavy atom. The quantitative estimate of drug-likeness (QED) is 0.786. The Morgan fingerprint density at radius 2 is 1.85 bits per heavy atom. The van der Waals surface area contributed by atoms with Gasteiger partial charge in [0.25, 0.3) is 0 Å². The first-order valence-corrected chi connectivity index (χ1v) is 6.36. The van der Waals surface area contributed by atoms with Crippen LogP contribution in [0.15, 0.2) is 48.5 Å². The molecule has 0 aliphatic heterocycles. The number of hydrogen-bond acceptors (Lipinski definition) is 5. The highest BCUT2D eigenvalue weighted by Crippen LogP contribution is 2.20. The number of para-hydroxylation sites is 1. The molecule has 20 heavy (non-hydrogen) atoms. The predicted octanol–water partition coefficient (Wildman–Crippen LogP) is 2.54. The maximum absolute atomic E-state index is 5.66. The van der Waals surface area contributed by atoms with Crippen molar-refractivity contribution in [3.05, 3.63) is 54.1 Å². The lowest BCUT2D eigenvalue weighted by molar-refractivity contribution is 0.436. The normalized spacial score (nSPS) is 10.7. The monoisotopic (exact) mass is 266 g/mol. The molecule has 0 radical (unpaired) electrons. The smallest absolute Gasteiger partial charge is 0.341 e. The zero-order valence-electron chi connectivity index (χ0n) is 11.1. The Hall–Kier alpha value is -2.53. The van der Waals surface area contributed by atoms with Crippen LogP contribution in [0, 0.1) is 0 Å². The molecule has 0 bridgehead atoms. The second kappa shape index (κ2) is 5.63. The van der Waals surface area contributed by atoms with Gasteiger partial charge in [-0.3, -0.25) is 0 Å². The fraction of sp³-hybridized carbons (Fsp3) is 0.133. The third kappa shape index (κ3) is 2.73. The number of aromatic nitrogens is 3. The van der Waals surface area contributed by atoms with Crippen LogP contribution < -0.4 is 10.1 Å². The van der Waals surface area contributed by atoms with Gasteiger partial charge in [0.15, 0.2) is 0 Å². The standard InChI is InChI=1S/C15H14N4O/c1-16-10-11-5-4-6-12(9-11)20-15-17-13-7-2-3-8-14(13)18-19-15/h2-9,16H,10H2,1H3. The molecule has 0 aliphatic rings. The van der Waals surface area contributed by atoms with Crippen molar-refractivity contribution in [1.82, 2.24) is 20.5 Å². The van der Waals surface area contributed by atoms with Gasteiger partial charge in [-0.25, -0.2) is 0 Å². The van der Waals surface area contributed by atoms with Crippen molar-refractivity contribution in [2.24, 2.45) is 0 Å². The van der Waals surface area contributed by atoms with Gasteiger partial charge in [0.2, 0.25) is 0 Å². The van der Waals surface area contributed by atoms with E-state index in [1.807, 2.05) is 55.6 Å². The molecule has 3 aromatic rings. The minimum atomic E-state index is 0.255. The lowest BCUT2D eigenvalue weighted by Crippen LogP contribution is -2.04. The summed E-state index contributed by atoms with van der Waals surface area (Å²) in [5.41, 5.74) is 2.66. The van der Waals surface area contributed by atoms with Gasteiger partial charge in [-0.05, 0) is 36.9 Å². The van der Waals surface area contributed by atoms with E-state index in [2.05, 4.69) is 20.5 Å². The maximum Gasteiger partial charge on any atom is 0.341 e. The van der Waals surface area contributed by atoms with Crippen molar-refractivity contribution in [2.75, 3.05) is 7.05 Å². The van der Waals surface area contributed by atoms with Crippen LogP contribution in [-0.2, 0) is 6.54 Å². The molecule has 0 spiro atoms. The van der Waals surface area contributed by atoms with Gasteiger partial charge in [-0.1, -0.05) is 29.4 Å². The summed E-state index contributed by atoms with van der Waals surface area (Å²) in [4.78, 5) is 4.33. The lowest BCUT2D eigenvalue weighted by Gasteiger charge is -2.06. The van der Waals surface area contributed by atoms with E-state index >= 15 is 0 Å². The maximum atomic E-state index is 5.66. The van der Waals surface area contributed by atoms with Crippen LogP contribution in [0.2, 0.25) is 0 Å². The topological polar surface area (TPSA) is 59.9 Å². The summed E-state index contributed by atoms with van der Waals surface area (Å²) in [6.07, 6.45) is 0. The minimum Gasteiger partial charge on any atom is -0.423 e. The summed E-state index contributed by atoms with van der Waals surface area (Å²) in [6.45, 7) is 0.786. The molecule has 0 saturated heterocycles. The molecule has 0 amide bonds. The molecule has 0 unspecified atom stereocenters. The van der Waals surface area contributed by atoms with Crippen LogP contribution in [0.3, 0.4) is 0 Å². The third-order valence-electron chi connectivity index (χ3n) is 2.83. The first-order chi connectivity index (χ1) is 9.85. The van der Waals surface area contributed by atoms with E-state index in [4.69, 9.17) is 4.74 Å². The molecule has 0 atom stereocenters. The number of nitrogens with zero attached hydrogens (tertiary/aromatic N) is 3. The van der Waals surface area contributed by atoms with E-state index in [-0.39, 0.29) is 6.01 Å². The first kappa shape index (κ1) is 12.5. The second-order valence-corrected chi connectivity index (χ2v) is 4.36. The molecule has 5 nitrogen and oxygen atoms in total. The minimum absolute atomic E-state index is 0.255. The van der Waals surface area contributed by atoms with Crippen LogP contribution >= 0.6 is 0 Å². The summed E-state index contributed by atoms with van der Waals surface area (Å²) in [5.74, 6) is 0.704. The molecule has 3 rings (SSSR count). The summed E-state index contributed by atoms with van der Waals surface area (Å²) < 4.78 is 5.66. The second-order valence-electron chi connectivity index (χ2n) is 4.36. The average molecular weight is 266 g/mol. The fourth-order valence-electron chi connectivity index (χ4n) is 1.94. The van der Waals surface area contributed by atoms with Crippen molar-refractivity contribution < 1.29 is 4.74 Å². The van der Waals surface area contributed by atoms with Gasteiger partial charge in [0.05, 0.1) is 5.52 Å². The van der Waals surface area contributed by atoms with Crippen LogP contribution in [0.25, 0.3) is 11.0 Å². The van der Waals surface area contributed by atoms with Crippen molar-refractivity contribution >= 4 is 11.0 Å². The zero-order valence-corrected chi connectivity index (χ0v) is 11.1. The van der Waals surface area contributed by atoms with Crippen LogP contribution in [-0.4, -0.2) is 22.2 Å². The lowest BCUT2D eigenvalue weighted by atomic mass is 10.2. The zero-order chi connectivity index (χ0) is 13.8. The predicted molar refractivity (Wildman–Crippen MR) is 76.6 cm³/mol. The highest BCUT2D eigenvalue weighted by Gasteiger charge is 2.04. The number of rotatable bonds is 4. The van der Waals surface area contributed by atoms with Gasteiger partial charge < -0.3 is 10.1 Å². The molecular formula is C15H14N4O. The molecule has 100 valence electrons. The number of fused-ring (bicyclic) bond motifs is 1. The Morgan fingerprint density at radius 3 is 2.70 bits per heavy atom. The van der Waals surface area contributed by atoms with E-state index < -0.39 is 0 Å². The van der Waals surface area contributed by atoms with E-state index in [9.17, 15) is 0 Å². The number of hydrogen-bond donors (Lipinski definition) is 1. The van der Waals surface area contributed by atoms with Crippen molar-refractivity contribution in [2.45, 2.75) is 6.54 Å². The van der Waals surface area contributed by atoms with Gasteiger partial charge in [0, 0.05) is 6.54 Å². The Labute approximate surface area is 116 Å². The van der Waals surface area contributed by atoms with Crippen LogP contribution in [0.5, 0.6) is 11.8 Å². The van der Waals surface area contributed by atoms with Crippen molar-refractivity contribution in [1.29, 1.82) is 0 Å². The molecule has 0 aliphatic carbocycles. The van der Waals surface area contributed by atoms with Crippen molar-refractivity contribution in [3.8, 4) is 11.8 Å². The molecule has 1 N–H and O–H groups in total. The van der Waals surface area contributed by atoms with Crippen LogP contribution in [0.4, 0.5) is 0 Å². The van der Waals surface area contributed by atoms with E-state index in [1.54, 1.807) is 0 Å². The van der Waals surface area contributed by atoms with Crippen LogP contribution in [0.1, 0.15) is 5.56 Å². The Kier molecular flexibility index (Phi) is 3.52. The number of ether oxygens (including phenoxy) is 1. The molecule has 2 aromatic carbocycles. The number of benzene rings is 2. The molecule has 5 heteroatoms. The van der Waals surface area contributed by atoms with Gasteiger partial charge >= 0.3 is 6.01 Å². The average Bonchev–Trinajstić information content (AvgIpc) is 2.48. The van der Waals surface area contributed by atoms with Crippen molar-refractivity contribution in [3.63, 3.8) is 0 Å². The molecule has 0 saturated carbocycles. The first-order valence-electron chi connectivity index (χ1n) is 6.36. The summed E-state index contributed by atoms with van der Waals surface area (Å²) >= 11 is 0. The SMILES string of the molecule is CNCc1cccc(Oc2nnc3ccccc3n2)c1. The largest absolute Gasteiger partial charge is 0.423 e. The van der Waals surface area contributed by atoms with Gasteiger partial charge in [0.1, 0.15) is 11.3 Å². The number of nitrogens with one attached hydrogen (secondary N) is 1. The summed E-state index contributed by atoms with van der Waals surface area (Å²) in [5, 5.41) is 11.2. The van der Waals surface area contributed by atoms with E-state index in [1.165, 1.54) is 0 Å². The molecular weight excluding hydrogens is 252 g/mol. The summed E-state index contributed by atoms with van der Waals surface area (Å²) in [7, 11) is 1.91. The highest BCUT2D eigenvalue weighted by atomic mass is 16.5. The Bertz CT molecular complexity index is 730. The van der Waals surface area contributed by atoms with E-state index in [0.29, 0.717) is 5.75 Å². The fourth-order valence-corrected chi connectivity index (χ4v) is 1.94. The van der Waals surface area contributed by atoms with E-state index in [0.717, 1.165) is 23.1 Å². The Balaban J connectivity index is 1.87. The molecule has 1 heterocycles. The summed E-state index contributed by atoms with van der Waals surface area (Å²) in [6, 6.07) is 15.6. The van der Waals surface area contributed by atoms with Gasteiger partial charge in [-0.2, -0.15) is 4.98 Å². The molecule has 1 aromatic heterocycles.